The molecule has 1 heterocycles. The Labute approximate surface area is 138 Å². The number of nitrogens with zero attached hydrogens (tertiary/aromatic N) is 1. The largest absolute Gasteiger partial charge is 0.371 e. The summed E-state index contributed by atoms with van der Waals surface area (Å²) in [5, 5.41) is 3.55. The first-order valence-electron chi connectivity index (χ1n) is 8.03. The Hall–Kier alpha value is -0.540. The van der Waals surface area contributed by atoms with E-state index in [0.717, 1.165) is 18.4 Å². The average Bonchev–Trinajstić information content (AvgIpc) is 2.35. The van der Waals surface area contributed by atoms with Gasteiger partial charge in [-0.2, -0.15) is 0 Å². The van der Waals surface area contributed by atoms with Crippen LogP contribution in [0.1, 0.15) is 46.6 Å². The van der Waals surface area contributed by atoms with E-state index in [1.807, 2.05) is 0 Å². The number of piperidine rings is 1. The minimum Gasteiger partial charge on any atom is -0.371 e. The first-order valence-corrected chi connectivity index (χ1v) is 8.82. The van der Waals surface area contributed by atoms with Crippen molar-refractivity contribution >= 4 is 21.6 Å². The van der Waals surface area contributed by atoms with Gasteiger partial charge in [-0.05, 0) is 56.7 Å². The summed E-state index contributed by atoms with van der Waals surface area (Å²) in [6.07, 6.45) is 1.35. The average molecular weight is 353 g/mol. The lowest BCUT2D eigenvalue weighted by Gasteiger charge is -2.37. The summed E-state index contributed by atoms with van der Waals surface area (Å²) in [7, 11) is 0. The Kier molecular flexibility index (Phi) is 5.37. The van der Waals surface area contributed by atoms with E-state index in [1.54, 1.807) is 0 Å². The molecule has 1 N–H and O–H groups in total. The van der Waals surface area contributed by atoms with Crippen LogP contribution in [0.2, 0.25) is 0 Å². The van der Waals surface area contributed by atoms with E-state index in [-0.39, 0.29) is 5.54 Å². The maximum Gasteiger partial charge on any atom is 0.0377 e. The lowest BCUT2D eigenvalue weighted by atomic mass is 9.91. The molecule has 0 radical (unpaired) electrons. The third kappa shape index (κ3) is 5.00. The van der Waals surface area contributed by atoms with Gasteiger partial charge in [0.1, 0.15) is 0 Å². The zero-order valence-corrected chi connectivity index (χ0v) is 15.6. The smallest absolute Gasteiger partial charge is 0.0377 e. The molecule has 2 rings (SSSR count). The van der Waals surface area contributed by atoms with Crippen molar-refractivity contribution in [3.63, 3.8) is 0 Å². The predicted octanol–water partition coefficient (Wildman–Crippen LogP) is 4.82. The van der Waals surface area contributed by atoms with Crippen molar-refractivity contribution in [2.75, 3.05) is 18.0 Å². The van der Waals surface area contributed by atoms with E-state index in [1.165, 1.54) is 35.2 Å². The number of halogens is 1. The summed E-state index contributed by atoms with van der Waals surface area (Å²) < 4.78 is 1.21. The maximum atomic E-state index is 3.75. The number of rotatable bonds is 3. The Balaban J connectivity index is 2.08. The van der Waals surface area contributed by atoms with Crippen LogP contribution in [0.5, 0.6) is 0 Å². The van der Waals surface area contributed by atoms with Gasteiger partial charge in [-0.1, -0.05) is 35.8 Å². The van der Waals surface area contributed by atoms with Crippen molar-refractivity contribution in [2.45, 2.75) is 53.1 Å². The summed E-state index contributed by atoms with van der Waals surface area (Å²) in [5.74, 6) is 1.57. The van der Waals surface area contributed by atoms with Crippen LogP contribution in [0.15, 0.2) is 22.7 Å². The van der Waals surface area contributed by atoms with Crippen LogP contribution in [-0.4, -0.2) is 18.6 Å². The Bertz CT molecular complexity index is 469. The second-order valence-corrected chi connectivity index (χ2v) is 8.58. The van der Waals surface area contributed by atoms with E-state index < -0.39 is 0 Å². The molecule has 1 saturated heterocycles. The zero-order valence-electron chi connectivity index (χ0n) is 14.0. The Morgan fingerprint density at radius 3 is 2.33 bits per heavy atom. The molecule has 0 saturated carbocycles. The molecule has 0 amide bonds. The molecule has 0 aromatic heterocycles. The Morgan fingerprint density at radius 2 is 1.81 bits per heavy atom. The third-order valence-corrected chi connectivity index (χ3v) is 4.82. The van der Waals surface area contributed by atoms with Crippen molar-refractivity contribution in [2.24, 2.45) is 11.8 Å². The fourth-order valence-electron chi connectivity index (χ4n) is 3.11. The van der Waals surface area contributed by atoms with E-state index in [4.69, 9.17) is 0 Å². The monoisotopic (exact) mass is 352 g/mol. The quantitative estimate of drug-likeness (QED) is 0.838. The topological polar surface area (TPSA) is 15.3 Å². The van der Waals surface area contributed by atoms with Gasteiger partial charge in [-0.25, -0.2) is 0 Å². The van der Waals surface area contributed by atoms with Crippen molar-refractivity contribution < 1.29 is 0 Å². The molecule has 1 fully saturated rings. The minimum absolute atomic E-state index is 0.149. The molecule has 0 aliphatic carbocycles. The molecule has 2 nitrogen and oxygen atoms in total. The molecule has 1 aromatic carbocycles. The van der Waals surface area contributed by atoms with Gasteiger partial charge in [0.15, 0.2) is 0 Å². The molecular formula is C18H29BrN2. The lowest BCUT2D eigenvalue weighted by molar-refractivity contribution is 0.357. The highest BCUT2D eigenvalue weighted by Crippen LogP contribution is 2.29. The molecule has 118 valence electrons. The minimum atomic E-state index is 0.149. The number of hydrogen-bond acceptors (Lipinski definition) is 2. The second kappa shape index (κ2) is 6.70. The number of anilines is 1. The van der Waals surface area contributed by atoms with E-state index >= 15 is 0 Å². The van der Waals surface area contributed by atoms with Crippen LogP contribution in [0.3, 0.4) is 0 Å². The fourth-order valence-corrected chi connectivity index (χ4v) is 3.62. The highest BCUT2D eigenvalue weighted by atomic mass is 79.9. The molecule has 2 atom stereocenters. The van der Waals surface area contributed by atoms with Gasteiger partial charge in [0.2, 0.25) is 0 Å². The first kappa shape index (κ1) is 16.8. The summed E-state index contributed by atoms with van der Waals surface area (Å²) in [5.41, 5.74) is 2.82. The summed E-state index contributed by atoms with van der Waals surface area (Å²) in [6.45, 7) is 14.6. The SMILES string of the molecule is CC1CC(C)CN(c2ccc(CNC(C)(C)C)c(Br)c2)C1. The molecule has 1 aromatic rings. The van der Waals surface area contributed by atoms with Crippen molar-refractivity contribution in [3.8, 4) is 0 Å². The molecule has 0 spiro atoms. The summed E-state index contributed by atoms with van der Waals surface area (Å²) >= 11 is 3.75. The van der Waals surface area contributed by atoms with Gasteiger partial charge in [-0.3, -0.25) is 0 Å². The Morgan fingerprint density at radius 1 is 1.19 bits per heavy atom. The van der Waals surface area contributed by atoms with E-state index in [0.29, 0.717) is 0 Å². The van der Waals surface area contributed by atoms with Gasteiger partial charge in [0, 0.05) is 35.3 Å². The van der Waals surface area contributed by atoms with Crippen LogP contribution in [0.4, 0.5) is 5.69 Å². The van der Waals surface area contributed by atoms with Crippen molar-refractivity contribution in [1.82, 2.24) is 5.32 Å². The fraction of sp³-hybridized carbons (Fsp3) is 0.667. The van der Waals surface area contributed by atoms with Gasteiger partial charge in [0.05, 0.1) is 0 Å². The van der Waals surface area contributed by atoms with Crippen molar-refractivity contribution in [1.29, 1.82) is 0 Å². The van der Waals surface area contributed by atoms with Gasteiger partial charge in [0.25, 0.3) is 0 Å². The van der Waals surface area contributed by atoms with Gasteiger partial charge >= 0.3 is 0 Å². The standard InChI is InChI=1S/C18H29BrN2/c1-13-8-14(2)12-21(11-13)16-7-6-15(17(19)9-16)10-20-18(3,4)5/h6-7,9,13-14,20H,8,10-12H2,1-5H3. The van der Waals surface area contributed by atoms with Crippen LogP contribution in [0, 0.1) is 11.8 Å². The van der Waals surface area contributed by atoms with E-state index in [9.17, 15) is 0 Å². The molecular weight excluding hydrogens is 324 g/mol. The molecule has 3 heteroatoms. The zero-order chi connectivity index (χ0) is 15.6. The molecule has 21 heavy (non-hydrogen) atoms. The molecule has 0 bridgehead atoms. The number of nitrogens with one attached hydrogen (secondary N) is 1. The number of benzene rings is 1. The summed E-state index contributed by atoms with van der Waals surface area (Å²) in [6, 6.07) is 6.81. The van der Waals surface area contributed by atoms with Gasteiger partial charge < -0.3 is 10.2 Å². The molecule has 1 aliphatic heterocycles. The van der Waals surface area contributed by atoms with Crippen molar-refractivity contribution in [3.05, 3.63) is 28.2 Å². The van der Waals surface area contributed by atoms with Crippen LogP contribution in [-0.2, 0) is 6.54 Å². The maximum absolute atomic E-state index is 3.75. The third-order valence-electron chi connectivity index (χ3n) is 4.08. The summed E-state index contributed by atoms with van der Waals surface area (Å²) in [4.78, 5) is 2.53. The highest BCUT2D eigenvalue weighted by Gasteiger charge is 2.22. The van der Waals surface area contributed by atoms with Crippen LogP contribution < -0.4 is 10.2 Å². The number of hydrogen-bond donors (Lipinski definition) is 1. The molecule has 2 unspecified atom stereocenters. The first-order chi connectivity index (χ1) is 9.74. The lowest BCUT2D eigenvalue weighted by Crippen LogP contribution is -2.38. The highest BCUT2D eigenvalue weighted by molar-refractivity contribution is 9.10. The van der Waals surface area contributed by atoms with Crippen LogP contribution in [0.25, 0.3) is 0 Å². The van der Waals surface area contributed by atoms with Crippen LogP contribution >= 0.6 is 15.9 Å². The van der Waals surface area contributed by atoms with Gasteiger partial charge in [-0.15, -0.1) is 0 Å². The predicted molar refractivity (Wildman–Crippen MR) is 95.9 cm³/mol. The van der Waals surface area contributed by atoms with E-state index in [2.05, 4.69) is 79.0 Å². The second-order valence-electron chi connectivity index (χ2n) is 7.73. The molecule has 1 aliphatic rings. The normalized spacial score (nSPS) is 23.4.